The molecule has 1 atom stereocenters. The van der Waals surface area contributed by atoms with Gasteiger partial charge < -0.3 is 23.6 Å². The first-order chi connectivity index (χ1) is 15.1. The summed E-state index contributed by atoms with van der Waals surface area (Å²) in [6.07, 6.45) is 1.63. The maximum absolute atomic E-state index is 13.2. The molecular formula is C23H25N3O5. The van der Waals surface area contributed by atoms with Crippen LogP contribution in [0.4, 0.5) is 0 Å². The number of rotatable bonds is 7. The fourth-order valence-corrected chi connectivity index (χ4v) is 3.65. The first-order valence-electron chi connectivity index (χ1n) is 10.1. The van der Waals surface area contributed by atoms with Gasteiger partial charge in [-0.25, -0.2) is 0 Å². The van der Waals surface area contributed by atoms with E-state index >= 15 is 0 Å². The van der Waals surface area contributed by atoms with Gasteiger partial charge in [0, 0.05) is 12.6 Å². The van der Waals surface area contributed by atoms with E-state index in [-0.39, 0.29) is 18.6 Å². The first-order valence-corrected chi connectivity index (χ1v) is 10.1. The molecule has 1 unspecified atom stereocenters. The summed E-state index contributed by atoms with van der Waals surface area (Å²) in [6, 6.07) is 12.7. The molecule has 2 aromatic carbocycles. The first kappa shape index (κ1) is 20.7. The molecule has 1 aromatic heterocycles. The van der Waals surface area contributed by atoms with Crippen molar-refractivity contribution in [2.45, 2.75) is 32.4 Å². The standard InChI is InChI=1S/C23H25N3O5/c1-15-6-8-16(9-7-15)30-14-21-24-22(25-31-21)19-5-4-12-26(19)23(27)18-11-10-17(28-2)13-20(18)29-3/h6-11,13,19H,4-5,12,14H2,1-3H3. The Morgan fingerprint density at radius 2 is 1.90 bits per heavy atom. The number of carbonyl (C=O) groups is 1. The number of hydrogen-bond donors (Lipinski definition) is 0. The molecule has 0 bridgehead atoms. The summed E-state index contributed by atoms with van der Waals surface area (Å²) >= 11 is 0. The van der Waals surface area contributed by atoms with Crippen molar-refractivity contribution in [3.63, 3.8) is 0 Å². The molecular weight excluding hydrogens is 398 g/mol. The highest BCUT2D eigenvalue weighted by molar-refractivity contribution is 5.97. The zero-order valence-corrected chi connectivity index (χ0v) is 17.8. The van der Waals surface area contributed by atoms with Crippen molar-refractivity contribution in [2.75, 3.05) is 20.8 Å². The average molecular weight is 423 g/mol. The van der Waals surface area contributed by atoms with Gasteiger partial charge in [-0.15, -0.1) is 0 Å². The van der Waals surface area contributed by atoms with Crippen LogP contribution in [0.25, 0.3) is 0 Å². The minimum absolute atomic E-state index is 0.135. The second-order valence-electron chi connectivity index (χ2n) is 7.37. The number of carbonyl (C=O) groups excluding carboxylic acids is 1. The number of benzene rings is 2. The minimum atomic E-state index is -0.254. The maximum Gasteiger partial charge on any atom is 0.264 e. The van der Waals surface area contributed by atoms with E-state index in [1.54, 1.807) is 30.2 Å². The summed E-state index contributed by atoms with van der Waals surface area (Å²) in [6.45, 7) is 2.80. The summed E-state index contributed by atoms with van der Waals surface area (Å²) in [5, 5.41) is 4.11. The number of aryl methyl sites for hydroxylation is 1. The van der Waals surface area contributed by atoms with Crippen LogP contribution in [0.2, 0.25) is 0 Å². The molecule has 4 rings (SSSR count). The van der Waals surface area contributed by atoms with Crippen molar-refractivity contribution in [2.24, 2.45) is 0 Å². The van der Waals surface area contributed by atoms with Crippen LogP contribution in [-0.2, 0) is 6.61 Å². The van der Waals surface area contributed by atoms with Gasteiger partial charge >= 0.3 is 0 Å². The highest BCUT2D eigenvalue weighted by atomic mass is 16.5. The highest BCUT2D eigenvalue weighted by Gasteiger charge is 2.35. The van der Waals surface area contributed by atoms with Crippen LogP contribution in [0.5, 0.6) is 17.2 Å². The lowest BCUT2D eigenvalue weighted by Gasteiger charge is -2.23. The van der Waals surface area contributed by atoms with Gasteiger partial charge in [0.05, 0.1) is 25.8 Å². The Hall–Kier alpha value is -3.55. The monoisotopic (exact) mass is 423 g/mol. The number of aromatic nitrogens is 2. The van der Waals surface area contributed by atoms with Gasteiger partial charge in [-0.05, 0) is 44.0 Å². The van der Waals surface area contributed by atoms with Gasteiger partial charge in [-0.1, -0.05) is 22.9 Å². The summed E-state index contributed by atoms with van der Waals surface area (Å²) in [7, 11) is 3.11. The SMILES string of the molecule is COc1ccc(C(=O)N2CCCC2c2noc(COc3ccc(C)cc3)n2)c(OC)c1. The third-order valence-corrected chi connectivity index (χ3v) is 5.32. The lowest BCUT2D eigenvalue weighted by atomic mass is 10.1. The zero-order chi connectivity index (χ0) is 21.8. The third-order valence-electron chi connectivity index (χ3n) is 5.32. The summed E-state index contributed by atoms with van der Waals surface area (Å²) in [5.74, 6) is 2.55. The van der Waals surface area contributed by atoms with Crippen LogP contribution in [0, 0.1) is 6.92 Å². The van der Waals surface area contributed by atoms with Gasteiger partial charge in [0.25, 0.3) is 11.8 Å². The van der Waals surface area contributed by atoms with E-state index in [9.17, 15) is 4.79 Å². The van der Waals surface area contributed by atoms with Gasteiger partial charge in [-0.3, -0.25) is 4.79 Å². The van der Waals surface area contributed by atoms with Crippen molar-refractivity contribution in [1.82, 2.24) is 15.0 Å². The Labute approximate surface area is 180 Å². The maximum atomic E-state index is 13.2. The molecule has 0 aliphatic carbocycles. The van der Waals surface area contributed by atoms with E-state index < -0.39 is 0 Å². The molecule has 0 saturated carbocycles. The molecule has 0 N–H and O–H groups in total. The van der Waals surface area contributed by atoms with Gasteiger partial charge in [0.1, 0.15) is 17.2 Å². The largest absolute Gasteiger partial charge is 0.497 e. The van der Waals surface area contributed by atoms with Crippen LogP contribution >= 0.6 is 0 Å². The molecule has 8 heteroatoms. The Balaban J connectivity index is 1.47. The smallest absolute Gasteiger partial charge is 0.264 e. The van der Waals surface area contributed by atoms with E-state index in [4.69, 9.17) is 18.7 Å². The van der Waals surface area contributed by atoms with Crippen LogP contribution < -0.4 is 14.2 Å². The lowest BCUT2D eigenvalue weighted by molar-refractivity contribution is 0.0725. The van der Waals surface area contributed by atoms with Crippen LogP contribution in [0.1, 0.15) is 46.5 Å². The molecule has 3 aromatic rings. The van der Waals surface area contributed by atoms with Gasteiger partial charge in [0.2, 0.25) is 0 Å². The molecule has 0 radical (unpaired) electrons. The number of likely N-dealkylation sites (tertiary alicyclic amines) is 1. The Kier molecular flexibility index (Phi) is 6.06. The van der Waals surface area contributed by atoms with Crippen LogP contribution in [-0.4, -0.2) is 41.7 Å². The second kappa shape index (κ2) is 9.07. The fraction of sp³-hybridized carbons (Fsp3) is 0.348. The molecule has 1 saturated heterocycles. The van der Waals surface area contributed by atoms with Crippen molar-refractivity contribution >= 4 is 5.91 Å². The average Bonchev–Trinajstić information content (AvgIpc) is 3.47. The Bertz CT molecular complexity index is 1050. The number of nitrogens with zero attached hydrogens (tertiary/aromatic N) is 3. The topological polar surface area (TPSA) is 86.9 Å². The van der Waals surface area contributed by atoms with Crippen LogP contribution in [0.15, 0.2) is 47.0 Å². The van der Waals surface area contributed by atoms with Gasteiger partial charge in [0.15, 0.2) is 12.4 Å². The summed E-state index contributed by atoms with van der Waals surface area (Å²) in [5.41, 5.74) is 1.63. The highest BCUT2D eigenvalue weighted by Crippen LogP contribution is 2.34. The summed E-state index contributed by atoms with van der Waals surface area (Å²) < 4.78 is 21.7. The van der Waals surface area contributed by atoms with Crippen molar-refractivity contribution < 1.29 is 23.5 Å². The lowest BCUT2D eigenvalue weighted by Crippen LogP contribution is -2.31. The number of amides is 1. The number of hydrogen-bond acceptors (Lipinski definition) is 7. The van der Waals surface area contributed by atoms with Gasteiger partial charge in [-0.2, -0.15) is 4.98 Å². The van der Waals surface area contributed by atoms with E-state index in [0.717, 1.165) is 24.2 Å². The molecule has 8 nitrogen and oxygen atoms in total. The van der Waals surface area contributed by atoms with E-state index in [0.29, 0.717) is 35.3 Å². The van der Waals surface area contributed by atoms with Crippen LogP contribution in [0.3, 0.4) is 0 Å². The molecule has 1 fully saturated rings. The van der Waals surface area contributed by atoms with E-state index in [1.165, 1.54) is 7.11 Å². The predicted octanol–water partition coefficient (Wildman–Crippen LogP) is 3.95. The fourth-order valence-electron chi connectivity index (χ4n) is 3.65. The molecule has 2 heterocycles. The molecule has 1 aliphatic rings. The van der Waals surface area contributed by atoms with Crippen molar-refractivity contribution in [1.29, 1.82) is 0 Å². The molecule has 0 spiro atoms. The molecule has 1 aliphatic heterocycles. The second-order valence-corrected chi connectivity index (χ2v) is 7.37. The Morgan fingerprint density at radius 1 is 1.13 bits per heavy atom. The van der Waals surface area contributed by atoms with E-state index in [2.05, 4.69) is 10.1 Å². The molecule has 1 amide bonds. The zero-order valence-electron chi connectivity index (χ0n) is 17.8. The normalized spacial score (nSPS) is 15.7. The molecule has 162 valence electrons. The molecule has 31 heavy (non-hydrogen) atoms. The minimum Gasteiger partial charge on any atom is -0.497 e. The number of ether oxygens (including phenoxy) is 3. The third kappa shape index (κ3) is 4.47. The number of methoxy groups -OCH3 is 2. The Morgan fingerprint density at radius 3 is 2.65 bits per heavy atom. The van der Waals surface area contributed by atoms with Crippen molar-refractivity contribution in [3.8, 4) is 17.2 Å². The predicted molar refractivity (Wildman–Crippen MR) is 112 cm³/mol. The summed E-state index contributed by atoms with van der Waals surface area (Å²) in [4.78, 5) is 19.5. The quantitative estimate of drug-likeness (QED) is 0.569. The van der Waals surface area contributed by atoms with Crippen molar-refractivity contribution in [3.05, 3.63) is 65.3 Å². The van der Waals surface area contributed by atoms with E-state index in [1.807, 2.05) is 31.2 Å².